The summed E-state index contributed by atoms with van der Waals surface area (Å²) in [5.74, 6) is 0. The molecule has 0 spiro atoms. The highest BCUT2D eigenvalue weighted by atomic mass is 15.4. The molecule has 6 heteroatoms. The predicted octanol–water partition coefficient (Wildman–Crippen LogP) is 0.973. The van der Waals surface area contributed by atoms with Gasteiger partial charge in [0, 0.05) is 7.05 Å². The third kappa shape index (κ3) is 2.21. The number of nitrogens with two attached hydrogens (primary N) is 1. The van der Waals surface area contributed by atoms with Gasteiger partial charge < -0.3 is 5.73 Å². The summed E-state index contributed by atoms with van der Waals surface area (Å²) in [6.45, 7) is 4.10. The summed E-state index contributed by atoms with van der Waals surface area (Å²) in [5.41, 5.74) is 8.72. The second kappa shape index (κ2) is 4.67. The Hall–Kier alpha value is -1.69. The first kappa shape index (κ1) is 11.8. The van der Waals surface area contributed by atoms with E-state index in [9.17, 15) is 0 Å². The minimum atomic E-state index is -0.0505. The SMILES string of the molecule is CCc1nn(C)cc1-n1cc(C(N)CC)nn1. The molecule has 0 aromatic carbocycles. The molecule has 0 saturated carbocycles. The fraction of sp³-hybridized carbons (Fsp3) is 0.545. The van der Waals surface area contributed by atoms with Crippen LogP contribution in [0.3, 0.4) is 0 Å². The number of aromatic nitrogens is 5. The van der Waals surface area contributed by atoms with Crippen molar-refractivity contribution in [3.8, 4) is 5.69 Å². The normalized spacial score (nSPS) is 12.9. The molecule has 2 aromatic rings. The summed E-state index contributed by atoms with van der Waals surface area (Å²) in [5, 5.41) is 12.6. The quantitative estimate of drug-likeness (QED) is 0.855. The van der Waals surface area contributed by atoms with Crippen molar-refractivity contribution < 1.29 is 0 Å². The van der Waals surface area contributed by atoms with Gasteiger partial charge >= 0.3 is 0 Å². The van der Waals surface area contributed by atoms with Gasteiger partial charge in [0.05, 0.1) is 29.8 Å². The lowest BCUT2D eigenvalue weighted by molar-refractivity contribution is 0.670. The monoisotopic (exact) mass is 234 g/mol. The molecule has 6 nitrogen and oxygen atoms in total. The van der Waals surface area contributed by atoms with E-state index in [1.807, 2.05) is 26.4 Å². The van der Waals surface area contributed by atoms with Crippen LogP contribution in [0.4, 0.5) is 0 Å². The van der Waals surface area contributed by atoms with Gasteiger partial charge in [-0.2, -0.15) is 5.10 Å². The molecule has 2 rings (SSSR count). The van der Waals surface area contributed by atoms with Crippen LogP contribution in [0.2, 0.25) is 0 Å². The fourth-order valence-corrected chi connectivity index (χ4v) is 1.74. The summed E-state index contributed by atoms with van der Waals surface area (Å²) < 4.78 is 3.53. The minimum absolute atomic E-state index is 0.0505. The maximum atomic E-state index is 5.92. The van der Waals surface area contributed by atoms with Crippen LogP contribution in [0.25, 0.3) is 5.69 Å². The number of aryl methyl sites for hydroxylation is 2. The van der Waals surface area contributed by atoms with Crippen molar-refractivity contribution in [3.63, 3.8) is 0 Å². The highest BCUT2D eigenvalue weighted by molar-refractivity contribution is 5.33. The van der Waals surface area contributed by atoms with E-state index < -0.39 is 0 Å². The van der Waals surface area contributed by atoms with E-state index in [0.29, 0.717) is 0 Å². The molecule has 0 fully saturated rings. The van der Waals surface area contributed by atoms with Gasteiger partial charge in [-0.25, -0.2) is 4.68 Å². The van der Waals surface area contributed by atoms with Crippen molar-refractivity contribution in [1.29, 1.82) is 0 Å². The Balaban J connectivity index is 2.36. The van der Waals surface area contributed by atoms with Crippen LogP contribution in [0, 0.1) is 0 Å². The maximum Gasteiger partial charge on any atom is 0.107 e. The van der Waals surface area contributed by atoms with Crippen molar-refractivity contribution in [2.75, 3.05) is 0 Å². The predicted molar refractivity (Wildman–Crippen MR) is 64.7 cm³/mol. The Labute approximate surface area is 100 Å². The van der Waals surface area contributed by atoms with Crippen LogP contribution >= 0.6 is 0 Å². The fourth-order valence-electron chi connectivity index (χ4n) is 1.74. The van der Waals surface area contributed by atoms with Crippen molar-refractivity contribution in [2.45, 2.75) is 32.7 Å². The van der Waals surface area contributed by atoms with Crippen LogP contribution in [0.15, 0.2) is 12.4 Å². The van der Waals surface area contributed by atoms with Crippen molar-refractivity contribution in [3.05, 3.63) is 23.8 Å². The van der Waals surface area contributed by atoms with Crippen LogP contribution in [0.1, 0.15) is 37.7 Å². The van der Waals surface area contributed by atoms with Gasteiger partial charge in [-0.05, 0) is 12.8 Å². The Morgan fingerprint density at radius 2 is 2.12 bits per heavy atom. The zero-order valence-corrected chi connectivity index (χ0v) is 10.5. The number of hydrogen-bond donors (Lipinski definition) is 1. The van der Waals surface area contributed by atoms with Crippen LogP contribution in [0.5, 0.6) is 0 Å². The summed E-state index contributed by atoms with van der Waals surface area (Å²) >= 11 is 0. The molecule has 0 saturated heterocycles. The lowest BCUT2D eigenvalue weighted by Crippen LogP contribution is -2.08. The first-order chi connectivity index (χ1) is 8.15. The first-order valence-electron chi connectivity index (χ1n) is 5.86. The molecule has 0 aliphatic rings. The molecule has 0 bridgehead atoms. The molecule has 2 heterocycles. The maximum absolute atomic E-state index is 5.92. The van der Waals surface area contributed by atoms with E-state index in [4.69, 9.17) is 5.73 Å². The Bertz CT molecular complexity index is 498. The molecule has 1 atom stereocenters. The molecule has 0 amide bonds. The summed E-state index contributed by atoms with van der Waals surface area (Å²) in [6, 6.07) is -0.0505. The third-order valence-electron chi connectivity index (χ3n) is 2.80. The van der Waals surface area contributed by atoms with E-state index in [1.54, 1.807) is 9.36 Å². The van der Waals surface area contributed by atoms with Gasteiger partial charge in [0.1, 0.15) is 5.69 Å². The van der Waals surface area contributed by atoms with Crippen molar-refractivity contribution >= 4 is 0 Å². The molecular weight excluding hydrogens is 216 g/mol. The van der Waals surface area contributed by atoms with Gasteiger partial charge in [-0.3, -0.25) is 4.68 Å². The van der Waals surface area contributed by atoms with Crippen molar-refractivity contribution in [1.82, 2.24) is 24.8 Å². The van der Waals surface area contributed by atoms with E-state index >= 15 is 0 Å². The third-order valence-corrected chi connectivity index (χ3v) is 2.80. The number of hydrogen-bond acceptors (Lipinski definition) is 4. The number of rotatable bonds is 4. The molecule has 1 unspecified atom stereocenters. The summed E-state index contributed by atoms with van der Waals surface area (Å²) in [4.78, 5) is 0. The van der Waals surface area contributed by atoms with E-state index in [0.717, 1.165) is 29.9 Å². The van der Waals surface area contributed by atoms with Crippen molar-refractivity contribution in [2.24, 2.45) is 12.8 Å². The van der Waals surface area contributed by atoms with Gasteiger partial charge in [0.2, 0.25) is 0 Å². The highest BCUT2D eigenvalue weighted by Gasteiger charge is 2.13. The smallest absolute Gasteiger partial charge is 0.107 e. The molecule has 2 aromatic heterocycles. The number of nitrogens with zero attached hydrogens (tertiary/aromatic N) is 5. The molecule has 0 aliphatic heterocycles. The van der Waals surface area contributed by atoms with Gasteiger partial charge in [-0.1, -0.05) is 19.1 Å². The van der Waals surface area contributed by atoms with Crippen LogP contribution < -0.4 is 5.73 Å². The Morgan fingerprint density at radius 3 is 2.76 bits per heavy atom. The molecular formula is C11H18N6. The van der Waals surface area contributed by atoms with Gasteiger partial charge in [0.15, 0.2) is 0 Å². The van der Waals surface area contributed by atoms with Gasteiger partial charge in [-0.15, -0.1) is 5.10 Å². The molecule has 0 radical (unpaired) electrons. The average molecular weight is 234 g/mol. The molecule has 2 N–H and O–H groups in total. The Kier molecular flexibility index (Phi) is 3.23. The topological polar surface area (TPSA) is 74.5 Å². The van der Waals surface area contributed by atoms with Crippen LogP contribution in [-0.2, 0) is 13.5 Å². The first-order valence-corrected chi connectivity index (χ1v) is 5.86. The second-order valence-corrected chi connectivity index (χ2v) is 4.09. The summed E-state index contributed by atoms with van der Waals surface area (Å²) in [7, 11) is 1.90. The van der Waals surface area contributed by atoms with E-state index in [2.05, 4.69) is 22.3 Å². The zero-order valence-electron chi connectivity index (χ0n) is 10.5. The molecule has 92 valence electrons. The van der Waals surface area contributed by atoms with E-state index in [-0.39, 0.29) is 6.04 Å². The van der Waals surface area contributed by atoms with E-state index in [1.165, 1.54) is 0 Å². The molecule has 0 aliphatic carbocycles. The minimum Gasteiger partial charge on any atom is -0.323 e. The summed E-state index contributed by atoms with van der Waals surface area (Å²) in [6.07, 6.45) is 5.54. The van der Waals surface area contributed by atoms with Gasteiger partial charge in [0.25, 0.3) is 0 Å². The molecule has 17 heavy (non-hydrogen) atoms. The Morgan fingerprint density at radius 1 is 1.35 bits per heavy atom. The lowest BCUT2D eigenvalue weighted by Gasteiger charge is -2.01. The standard InChI is InChI=1S/C11H18N6/c1-4-8(12)10-6-17(15-13-10)11-7-16(3)14-9(11)5-2/h6-8H,4-5,12H2,1-3H3. The van der Waals surface area contributed by atoms with Crippen LogP contribution in [-0.4, -0.2) is 24.8 Å². The second-order valence-electron chi connectivity index (χ2n) is 4.09. The average Bonchev–Trinajstić information content (AvgIpc) is 2.93. The largest absolute Gasteiger partial charge is 0.323 e. The highest BCUT2D eigenvalue weighted by Crippen LogP contribution is 2.15. The zero-order chi connectivity index (χ0) is 12.4. The lowest BCUT2D eigenvalue weighted by atomic mass is 10.2.